The van der Waals surface area contributed by atoms with Crippen molar-refractivity contribution in [2.45, 2.75) is 33.4 Å². The molecule has 0 bridgehead atoms. The molecule has 1 aliphatic rings. The second kappa shape index (κ2) is 16.7. The van der Waals surface area contributed by atoms with Gasteiger partial charge in [-0.2, -0.15) is 0 Å². The average Bonchev–Trinajstić information content (AvgIpc) is 3.37. The summed E-state index contributed by atoms with van der Waals surface area (Å²) in [4.78, 5) is 44.7. The van der Waals surface area contributed by atoms with Crippen LogP contribution in [0.3, 0.4) is 0 Å². The van der Waals surface area contributed by atoms with Crippen LogP contribution < -0.4 is 29.1 Å². The van der Waals surface area contributed by atoms with Gasteiger partial charge >= 0.3 is 11.9 Å². The number of allylic oxidation sites excluding steroid dienone is 1. The molecule has 0 aliphatic carbocycles. The molecule has 3 aromatic carbocycles. The van der Waals surface area contributed by atoms with Crippen LogP contribution in [0.15, 0.2) is 80.1 Å². The number of fused-ring (bicyclic) bond motifs is 1. The average molecular weight is 973 g/mol. The number of ether oxygens (including phenoxy) is 5. The van der Waals surface area contributed by atoms with Crippen LogP contribution in [-0.2, 0) is 25.7 Å². The maximum absolute atomic E-state index is 14.4. The monoisotopic (exact) mass is 972 g/mol. The van der Waals surface area contributed by atoms with Gasteiger partial charge in [-0.25, -0.2) is 14.6 Å². The predicted octanol–water partition coefficient (Wildman–Crippen LogP) is 6.30. The van der Waals surface area contributed by atoms with Crippen LogP contribution in [0.5, 0.6) is 17.2 Å². The van der Waals surface area contributed by atoms with Gasteiger partial charge in [0.15, 0.2) is 22.9 Å². The third-order valence-corrected chi connectivity index (χ3v) is 10.2. The van der Waals surface area contributed by atoms with Gasteiger partial charge in [0.2, 0.25) is 0 Å². The summed E-state index contributed by atoms with van der Waals surface area (Å²) in [7, 11) is 1.27. The van der Waals surface area contributed by atoms with Crippen LogP contribution in [0.2, 0.25) is 0 Å². The van der Waals surface area contributed by atoms with Gasteiger partial charge in [0.25, 0.3) is 5.56 Å². The lowest BCUT2D eigenvalue weighted by Crippen LogP contribution is -2.40. The molecule has 49 heavy (non-hydrogen) atoms. The fourth-order valence-electron chi connectivity index (χ4n) is 5.10. The van der Waals surface area contributed by atoms with Crippen LogP contribution in [0.4, 0.5) is 0 Å². The number of rotatable bonds is 12. The minimum atomic E-state index is -0.879. The van der Waals surface area contributed by atoms with Gasteiger partial charge in [0.1, 0.15) is 12.4 Å². The number of hydrogen-bond donors (Lipinski definition) is 0. The highest BCUT2D eigenvalue weighted by Crippen LogP contribution is 2.37. The van der Waals surface area contributed by atoms with Gasteiger partial charge in [0, 0.05) is 13.6 Å². The Bertz CT molecular complexity index is 2110. The van der Waals surface area contributed by atoms with Crippen molar-refractivity contribution in [1.82, 2.24) is 4.57 Å². The van der Waals surface area contributed by atoms with E-state index in [9.17, 15) is 14.4 Å². The molecule has 0 spiro atoms. The molecule has 0 radical (unpaired) electrons. The fourth-order valence-corrected chi connectivity index (χ4v) is 8.45. The Hall–Kier alpha value is -3.22. The maximum Gasteiger partial charge on any atom is 0.343 e. The number of nitrogens with zero attached hydrogens (tertiary/aromatic N) is 2. The Morgan fingerprint density at radius 1 is 1.00 bits per heavy atom. The predicted molar refractivity (Wildman–Crippen MR) is 206 cm³/mol. The highest BCUT2D eigenvalue weighted by Gasteiger charge is 2.34. The van der Waals surface area contributed by atoms with E-state index in [1.807, 2.05) is 43.3 Å². The molecule has 0 unspecified atom stereocenters. The zero-order valence-electron chi connectivity index (χ0n) is 26.9. The third kappa shape index (κ3) is 8.57. The minimum absolute atomic E-state index is 0.144. The van der Waals surface area contributed by atoms with E-state index in [-0.39, 0.29) is 24.3 Å². The molecule has 4 aromatic rings. The molecule has 0 fully saturated rings. The molecule has 256 valence electrons. The quantitative estimate of drug-likeness (QED) is 0.120. The number of aromatic nitrogens is 1. The maximum atomic E-state index is 14.4. The summed E-state index contributed by atoms with van der Waals surface area (Å²) < 4.78 is 32.8. The summed E-state index contributed by atoms with van der Waals surface area (Å²) in [6.45, 7) is 5.74. The fraction of sp³-hybridized carbons (Fsp3) is 0.257. The topological polar surface area (TPSA) is 115 Å². The Labute approximate surface area is 322 Å². The molecule has 10 nitrogen and oxygen atoms in total. The first-order valence-electron chi connectivity index (χ1n) is 15.1. The third-order valence-electron chi connectivity index (χ3n) is 7.29. The first kappa shape index (κ1) is 37.0. The highest BCUT2D eigenvalue weighted by molar-refractivity contribution is 14.1. The normalized spacial score (nSPS) is 14.2. The van der Waals surface area contributed by atoms with Gasteiger partial charge < -0.3 is 23.7 Å². The number of halogens is 3. The number of carbonyl (C=O) groups is 2. The van der Waals surface area contributed by atoms with Crippen LogP contribution in [-0.4, -0.2) is 43.4 Å². The number of benzene rings is 3. The van der Waals surface area contributed by atoms with E-state index in [1.165, 1.54) is 23.0 Å². The summed E-state index contributed by atoms with van der Waals surface area (Å²) in [5, 5.41) is 0. The van der Waals surface area contributed by atoms with E-state index in [0.717, 1.165) is 22.7 Å². The molecule has 1 aromatic heterocycles. The molecular weight excluding hydrogens is 942 g/mol. The summed E-state index contributed by atoms with van der Waals surface area (Å²) in [6.07, 6.45) is 1.81. The first-order valence-corrected chi connectivity index (χ1v) is 18.8. The lowest BCUT2D eigenvalue weighted by atomic mass is 9.95. The van der Waals surface area contributed by atoms with E-state index in [1.54, 1.807) is 38.1 Å². The van der Waals surface area contributed by atoms with Crippen molar-refractivity contribution in [3.63, 3.8) is 0 Å². The van der Waals surface area contributed by atoms with Gasteiger partial charge in [0.05, 0.1) is 45.7 Å². The van der Waals surface area contributed by atoms with Gasteiger partial charge in [-0.05, 0) is 120 Å². The second-order valence-corrected chi connectivity index (χ2v) is 14.9. The lowest BCUT2D eigenvalue weighted by Gasteiger charge is -2.25. The van der Waals surface area contributed by atoms with Crippen molar-refractivity contribution in [2.75, 3.05) is 26.9 Å². The number of esters is 2. The number of thiazole rings is 1. The van der Waals surface area contributed by atoms with E-state index >= 15 is 0 Å². The summed E-state index contributed by atoms with van der Waals surface area (Å²) in [6, 6.07) is 16.1. The van der Waals surface area contributed by atoms with E-state index < -0.39 is 18.0 Å². The zero-order chi connectivity index (χ0) is 35.2. The lowest BCUT2D eigenvalue weighted by molar-refractivity contribution is -0.143. The summed E-state index contributed by atoms with van der Waals surface area (Å²) in [5.74, 6) is 0.170. The van der Waals surface area contributed by atoms with Crippen LogP contribution in [0.1, 0.15) is 43.5 Å². The standard InChI is InChI=1S/C35H31BrI2N2O8S/c1-5-45-27-14-21(9-12-26(27)47-18-29(41)44-4)31-30(34(43)46-6-2)19(3)39-35-40(31)33(42)28(49-35)15-22-13-24(37)16-25(38)32(22)48-17-20-7-10-23(36)11-8-20/h7-16,31H,5-6,17-18H2,1-4H3/b28-15+/t31-/m1/s1. The Morgan fingerprint density at radius 3 is 2.45 bits per heavy atom. The first-order chi connectivity index (χ1) is 23.5. The van der Waals surface area contributed by atoms with E-state index in [4.69, 9.17) is 28.7 Å². The molecule has 0 N–H and O–H groups in total. The van der Waals surface area contributed by atoms with Crippen molar-refractivity contribution < 1.29 is 33.3 Å². The van der Waals surface area contributed by atoms with Crippen LogP contribution >= 0.6 is 72.4 Å². The molecule has 1 aliphatic heterocycles. The van der Waals surface area contributed by atoms with Gasteiger partial charge in [-0.1, -0.05) is 45.5 Å². The Balaban J connectivity index is 1.64. The summed E-state index contributed by atoms with van der Waals surface area (Å²) in [5.41, 5.74) is 2.64. The minimum Gasteiger partial charge on any atom is -0.490 e. The molecule has 5 rings (SSSR count). The molecular formula is C35H31BrI2N2O8S. The SMILES string of the molecule is CCOC(=O)C1=C(C)N=c2s/c(=C/c3cc(I)cc(I)c3OCc3ccc(Br)cc3)c(=O)n2[C@@H]1c1ccc(OCC(=O)OC)c(OCC)c1. The molecule has 0 saturated heterocycles. The largest absolute Gasteiger partial charge is 0.490 e. The molecule has 0 saturated carbocycles. The van der Waals surface area contributed by atoms with E-state index in [2.05, 4.69) is 61.1 Å². The number of hydrogen-bond acceptors (Lipinski definition) is 10. The van der Waals surface area contributed by atoms with Gasteiger partial charge in [-0.3, -0.25) is 9.36 Å². The molecule has 0 amide bonds. The Morgan fingerprint density at radius 2 is 1.76 bits per heavy atom. The number of carbonyl (C=O) groups excluding carboxylic acids is 2. The molecule has 2 heterocycles. The van der Waals surface area contributed by atoms with Crippen molar-refractivity contribution in [2.24, 2.45) is 4.99 Å². The summed E-state index contributed by atoms with van der Waals surface area (Å²) >= 11 is 9.18. The van der Waals surface area contributed by atoms with Crippen LogP contribution in [0, 0.1) is 7.14 Å². The number of methoxy groups -OCH3 is 1. The van der Waals surface area contributed by atoms with Gasteiger partial charge in [-0.15, -0.1) is 0 Å². The zero-order valence-corrected chi connectivity index (χ0v) is 33.6. The second-order valence-electron chi connectivity index (χ2n) is 10.5. The smallest absolute Gasteiger partial charge is 0.343 e. The van der Waals surface area contributed by atoms with Crippen molar-refractivity contribution in [3.05, 3.63) is 114 Å². The highest BCUT2D eigenvalue weighted by atomic mass is 127. The van der Waals surface area contributed by atoms with Crippen molar-refractivity contribution in [3.8, 4) is 17.2 Å². The van der Waals surface area contributed by atoms with Crippen LogP contribution in [0.25, 0.3) is 6.08 Å². The van der Waals surface area contributed by atoms with Crippen molar-refractivity contribution >= 4 is 90.5 Å². The molecule has 14 heteroatoms. The Kier molecular flexibility index (Phi) is 12.6. The molecule has 1 atom stereocenters. The van der Waals surface area contributed by atoms with E-state index in [0.29, 0.717) is 51.1 Å². The van der Waals surface area contributed by atoms with Crippen molar-refractivity contribution in [1.29, 1.82) is 0 Å².